The van der Waals surface area contributed by atoms with Gasteiger partial charge in [-0.25, -0.2) is 4.79 Å². The standard InChI is InChI=1S/C15H19N3O2/c19-15-17(7-8-18(15)12-3-4-12)10-14-6-5-13(20-14)9-16-11-1-2-11/h5-8,11-12,16H,1-4,9-10H2. The van der Waals surface area contributed by atoms with Crippen molar-refractivity contribution in [3.63, 3.8) is 0 Å². The first-order valence-electron chi connectivity index (χ1n) is 7.38. The molecule has 0 unspecified atom stereocenters. The van der Waals surface area contributed by atoms with Crippen molar-refractivity contribution in [2.45, 2.75) is 50.9 Å². The maximum atomic E-state index is 12.2. The number of rotatable bonds is 6. The summed E-state index contributed by atoms with van der Waals surface area (Å²) in [6, 6.07) is 5.07. The first-order valence-corrected chi connectivity index (χ1v) is 7.38. The molecule has 5 nitrogen and oxygen atoms in total. The second kappa shape index (κ2) is 4.66. The third kappa shape index (κ3) is 2.45. The normalized spacial score (nSPS) is 18.6. The molecule has 0 saturated heterocycles. The molecule has 2 aromatic heterocycles. The van der Waals surface area contributed by atoms with Crippen LogP contribution in [0.25, 0.3) is 0 Å². The minimum Gasteiger partial charge on any atom is -0.463 e. The minimum absolute atomic E-state index is 0.0709. The van der Waals surface area contributed by atoms with Gasteiger partial charge < -0.3 is 9.73 Å². The molecule has 2 fully saturated rings. The molecule has 20 heavy (non-hydrogen) atoms. The van der Waals surface area contributed by atoms with E-state index < -0.39 is 0 Å². The van der Waals surface area contributed by atoms with Crippen molar-refractivity contribution < 1.29 is 4.42 Å². The summed E-state index contributed by atoms with van der Waals surface area (Å²) in [6.07, 6.45) is 8.54. The van der Waals surface area contributed by atoms with E-state index in [1.165, 1.54) is 12.8 Å². The van der Waals surface area contributed by atoms with Crippen LogP contribution in [-0.2, 0) is 13.1 Å². The molecule has 1 N–H and O–H groups in total. The fourth-order valence-electron chi connectivity index (χ4n) is 2.48. The molecular weight excluding hydrogens is 254 g/mol. The van der Waals surface area contributed by atoms with Gasteiger partial charge in [-0.2, -0.15) is 0 Å². The van der Waals surface area contributed by atoms with E-state index >= 15 is 0 Å². The van der Waals surface area contributed by atoms with E-state index in [0.29, 0.717) is 18.6 Å². The largest absolute Gasteiger partial charge is 0.463 e. The second-order valence-corrected chi connectivity index (χ2v) is 5.87. The third-order valence-corrected chi connectivity index (χ3v) is 4.00. The lowest BCUT2D eigenvalue weighted by Crippen LogP contribution is -2.23. The average Bonchev–Trinajstić information content (AvgIpc) is 3.36. The fraction of sp³-hybridized carbons (Fsp3) is 0.533. The Hall–Kier alpha value is -1.75. The molecule has 0 bridgehead atoms. The molecule has 4 rings (SSSR count). The zero-order chi connectivity index (χ0) is 13.5. The highest BCUT2D eigenvalue weighted by atomic mass is 16.3. The molecule has 0 amide bonds. The van der Waals surface area contributed by atoms with Crippen molar-refractivity contribution in [2.24, 2.45) is 0 Å². The first kappa shape index (κ1) is 12.0. The number of hydrogen-bond donors (Lipinski definition) is 1. The summed E-state index contributed by atoms with van der Waals surface area (Å²) in [7, 11) is 0. The van der Waals surface area contributed by atoms with Crippen molar-refractivity contribution >= 4 is 0 Å². The lowest BCUT2D eigenvalue weighted by molar-refractivity contribution is 0.434. The van der Waals surface area contributed by atoms with E-state index in [0.717, 1.165) is 30.9 Å². The van der Waals surface area contributed by atoms with Gasteiger partial charge in [0.2, 0.25) is 0 Å². The molecule has 2 aliphatic carbocycles. The van der Waals surface area contributed by atoms with Gasteiger partial charge in [-0.3, -0.25) is 9.13 Å². The lowest BCUT2D eigenvalue weighted by Gasteiger charge is -2.00. The first-order chi connectivity index (χ1) is 9.79. The number of nitrogens with zero attached hydrogens (tertiary/aromatic N) is 2. The van der Waals surface area contributed by atoms with Crippen molar-refractivity contribution in [1.29, 1.82) is 0 Å². The number of hydrogen-bond acceptors (Lipinski definition) is 3. The van der Waals surface area contributed by atoms with E-state index in [1.807, 2.05) is 29.1 Å². The quantitative estimate of drug-likeness (QED) is 0.874. The van der Waals surface area contributed by atoms with Crippen LogP contribution in [0.1, 0.15) is 43.2 Å². The molecule has 0 radical (unpaired) electrons. The molecule has 2 aromatic rings. The lowest BCUT2D eigenvalue weighted by atomic mass is 10.4. The molecule has 2 aliphatic rings. The molecule has 2 heterocycles. The maximum absolute atomic E-state index is 12.2. The van der Waals surface area contributed by atoms with Crippen LogP contribution in [0.2, 0.25) is 0 Å². The highest BCUT2D eigenvalue weighted by molar-refractivity contribution is 5.08. The zero-order valence-corrected chi connectivity index (χ0v) is 11.4. The van der Waals surface area contributed by atoms with E-state index in [-0.39, 0.29) is 5.69 Å². The number of furan rings is 1. The van der Waals surface area contributed by atoms with Crippen LogP contribution in [0, 0.1) is 0 Å². The summed E-state index contributed by atoms with van der Waals surface area (Å²) >= 11 is 0. The average molecular weight is 273 g/mol. The Morgan fingerprint density at radius 2 is 1.95 bits per heavy atom. The maximum Gasteiger partial charge on any atom is 0.328 e. The highest BCUT2D eigenvalue weighted by Gasteiger charge is 2.25. The SMILES string of the molecule is O=c1n(Cc2ccc(CNC3CC3)o2)ccn1C1CC1. The predicted molar refractivity (Wildman–Crippen MR) is 74.6 cm³/mol. The monoisotopic (exact) mass is 273 g/mol. The van der Waals surface area contributed by atoms with Gasteiger partial charge in [0.15, 0.2) is 0 Å². The Morgan fingerprint density at radius 3 is 2.70 bits per heavy atom. The molecule has 0 spiro atoms. The van der Waals surface area contributed by atoms with Crippen LogP contribution >= 0.6 is 0 Å². The third-order valence-electron chi connectivity index (χ3n) is 4.00. The smallest absolute Gasteiger partial charge is 0.328 e. The molecule has 0 atom stereocenters. The van der Waals surface area contributed by atoms with Gasteiger partial charge in [0.05, 0.1) is 13.1 Å². The summed E-state index contributed by atoms with van der Waals surface area (Å²) in [6.45, 7) is 1.30. The molecule has 2 saturated carbocycles. The van der Waals surface area contributed by atoms with Gasteiger partial charge in [0.1, 0.15) is 11.5 Å². The van der Waals surface area contributed by atoms with Gasteiger partial charge in [-0.1, -0.05) is 0 Å². The summed E-state index contributed by atoms with van der Waals surface area (Å²) < 4.78 is 9.32. The molecular formula is C15H19N3O2. The van der Waals surface area contributed by atoms with Gasteiger partial charge in [-0.05, 0) is 37.8 Å². The van der Waals surface area contributed by atoms with Gasteiger partial charge >= 0.3 is 5.69 Å². The van der Waals surface area contributed by atoms with Gasteiger partial charge in [0.25, 0.3) is 0 Å². The van der Waals surface area contributed by atoms with Crippen LogP contribution in [0.5, 0.6) is 0 Å². The topological polar surface area (TPSA) is 52.1 Å². The Labute approximate surface area is 117 Å². The van der Waals surface area contributed by atoms with Crippen LogP contribution in [0.3, 0.4) is 0 Å². The van der Waals surface area contributed by atoms with Crippen LogP contribution in [0.4, 0.5) is 0 Å². The van der Waals surface area contributed by atoms with E-state index in [9.17, 15) is 4.79 Å². The molecule has 5 heteroatoms. The Kier molecular flexibility index (Phi) is 2.80. The number of imidazole rings is 1. The van der Waals surface area contributed by atoms with E-state index in [1.54, 1.807) is 4.57 Å². The fourth-order valence-corrected chi connectivity index (χ4v) is 2.48. The van der Waals surface area contributed by atoms with Crippen LogP contribution in [0.15, 0.2) is 33.7 Å². The van der Waals surface area contributed by atoms with Crippen LogP contribution in [-0.4, -0.2) is 15.2 Å². The van der Waals surface area contributed by atoms with Crippen molar-refractivity contribution in [3.05, 3.63) is 46.5 Å². The Balaban J connectivity index is 1.43. The van der Waals surface area contributed by atoms with E-state index in [4.69, 9.17) is 4.42 Å². The van der Waals surface area contributed by atoms with E-state index in [2.05, 4.69) is 5.32 Å². The summed E-state index contributed by atoms with van der Waals surface area (Å²) in [5.41, 5.74) is 0.0709. The summed E-state index contributed by atoms with van der Waals surface area (Å²) in [4.78, 5) is 12.2. The van der Waals surface area contributed by atoms with Gasteiger partial charge in [0, 0.05) is 24.5 Å². The Bertz CT molecular complexity index is 659. The highest BCUT2D eigenvalue weighted by Crippen LogP contribution is 2.33. The molecule has 0 aliphatic heterocycles. The zero-order valence-electron chi connectivity index (χ0n) is 11.4. The molecule has 106 valence electrons. The number of nitrogens with one attached hydrogen (secondary N) is 1. The van der Waals surface area contributed by atoms with Crippen molar-refractivity contribution in [1.82, 2.24) is 14.5 Å². The second-order valence-electron chi connectivity index (χ2n) is 5.87. The number of aromatic nitrogens is 2. The molecule has 0 aromatic carbocycles. The summed E-state index contributed by atoms with van der Waals surface area (Å²) in [5.74, 6) is 1.79. The summed E-state index contributed by atoms with van der Waals surface area (Å²) in [5, 5.41) is 3.42. The van der Waals surface area contributed by atoms with Crippen molar-refractivity contribution in [3.8, 4) is 0 Å². The van der Waals surface area contributed by atoms with Crippen LogP contribution < -0.4 is 11.0 Å². The van der Waals surface area contributed by atoms with Crippen molar-refractivity contribution in [2.75, 3.05) is 0 Å². The van der Waals surface area contributed by atoms with Gasteiger partial charge in [-0.15, -0.1) is 0 Å². The minimum atomic E-state index is 0.0709. The Morgan fingerprint density at radius 1 is 1.15 bits per heavy atom. The predicted octanol–water partition coefficient (Wildman–Crippen LogP) is 1.88.